The molecule has 0 bridgehead atoms. The number of hydrogen-bond donors (Lipinski definition) is 1. The molecule has 18 heavy (non-hydrogen) atoms. The van der Waals surface area contributed by atoms with Gasteiger partial charge in [0.1, 0.15) is 6.61 Å². The van der Waals surface area contributed by atoms with Crippen LogP contribution in [0.25, 0.3) is 0 Å². The van der Waals surface area contributed by atoms with Crippen LogP contribution in [0.3, 0.4) is 0 Å². The van der Waals surface area contributed by atoms with Gasteiger partial charge in [-0.1, -0.05) is 13.8 Å². The number of ether oxygens (including phenoxy) is 2. The molecule has 0 rings (SSSR count). The molecule has 1 unspecified atom stereocenters. The van der Waals surface area contributed by atoms with E-state index in [-0.39, 0.29) is 23.8 Å². The van der Waals surface area contributed by atoms with Crippen LogP contribution in [0.5, 0.6) is 0 Å². The number of hydrogen-bond acceptors (Lipinski definition) is 4. The van der Waals surface area contributed by atoms with Crippen molar-refractivity contribution in [1.29, 1.82) is 0 Å². The van der Waals surface area contributed by atoms with Crippen molar-refractivity contribution >= 4 is 5.78 Å². The minimum absolute atomic E-state index is 0.0990. The maximum Gasteiger partial charge on any atom is 0.161 e. The van der Waals surface area contributed by atoms with Crippen LogP contribution in [0.2, 0.25) is 0 Å². The van der Waals surface area contributed by atoms with Crippen LogP contribution >= 0.6 is 0 Å². The minimum Gasteiger partial charge on any atom is -0.378 e. The zero-order valence-corrected chi connectivity index (χ0v) is 12.5. The summed E-state index contributed by atoms with van der Waals surface area (Å²) in [7, 11) is 0. The molecule has 0 saturated carbocycles. The summed E-state index contributed by atoms with van der Waals surface area (Å²) in [5, 5.41) is 3.33. The molecule has 1 atom stereocenters. The van der Waals surface area contributed by atoms with Gasteiger partial charge in [-0.3, -0.25) is 4.79 Å². The second kappa shape index (κ2) is 9.48. The Morgan fingerprint density at radius 2 is 1.78 bits per heavy atom. The van der Waals surface area contributed by atoms with Gasteiger partial charge >= 0.3 is 0 Å². The van der Waals surface area contributed by atoms with Crippen LogP contribution < -0.4 is 5.32 Å². The Labute approximate surface area is 111 Å². The number of rotatable bonds is 10. The van der Waals surface area contributed by atoms with Crippen LogP contribution in [-0.2, 0) is 14.3 Å². The van der Waals surface area contributed by atoms with Gasteiger partial charge < -0.3 is 14.8 Å². The molecule has 0 aromatic heterocycles. The molecule has 108 valence electrons. The molecule has 0 saturated heterocycles. The van der Waals surface area contributed by atoms with E-state index in [9.17, 15) is 4.79 Å². The molecule has 0 aliphatic carbocycles. The minimum atomic E-state index is 0.0990. The predicted octanol–water partition coefficient (Wildman–Crippen LogP) is 2.02. The first-order valence-corrected chi connectivity index (χ1v) is 6.80. The van der Waals surface area contributed by atoms with E-state index >= 15 is 0 Å². The zero-order valence-electron chi connectivity index (χ0n) is 12.5. The number of carbonyl (C=O) groups excluding carboxylic acids is 1. The van der Waals surface area contributed by atoms with E-state index in [4.69, 9.17) is 9.47 Å². The summed E-state index contributed by atoms with van der Waals surface area (Å²) in [4.78, 5) is 11.4. The van der Waals surface area contributed by atoms with Crippen molar-refractivity contribution in [2.75, 3.05) is 33.0 Å². The van der Waals surface area contributed by atoms with Gasteiger partial charge in [-0.25, -0.2) is 0 Å². The fraction of sp³-hybridized carbons (Fsp3) is 0.929. The standard InChI is InChI=1S/C14H29NO3/c1-6-12(2)13(16)11-18-10-9-17-8-7-15-14(3,4)5/h12,15H,6-11H2,1-5H3. The molecule has 0 aliphatic rings. The van der Waals surface area contributed by atoms with Crippen molar-refractivity contribution in [2.45, 2.75) is 46.6 Å². The van der Waals surface area contributed by atoms with Crippen molar-refractivity contribution < 1.29 is 14.3 Å². The molecule has 1 N–H and O–H groups in total. The lowest BCUT2D eigenvalue weighted by Crippen LogP contribution is -2.38. The lowest BCUT2D eigenvalue weighted by atomic mass is 10.1. The fourth-order valence-electron chi connectivity index (χ4n) is 1.26. The molecule has 0 aliphatic heterocycles. The van der Waals surface area contributed by atoms with Gasteiger partial charge in [-0.05, 0) is 27.2 Å². The Morgan fingerprint density at radius 1 is 1.17 bits per heavy atom. The molecule has 0 amide bonds. The summed E-state index contributed by atoms with van der Waals surface area (Å²) in [6.07, 6.45) is 0.872. The van der Waals surface area contributed by atoms with Crippen molar-refractivity contribution in [3.63, 3.8) is 0 Å². The number of Topliss-reactive ketones (excluding diaryl/α,β-unsaturated/α-hetero) is 1. The highest BCUT2D eigenvalue weighted by molar-refractivity contribution is 5.81. The quantitative estimate of drug-likeness (QED) is 0.610. The maximum absolute atomic E-state index is 11.4. The second-order valence-electron chi connectivity index (χ2n) is 5.62. The molecule has 4 nitrogen and oxygen atoms in total. The summed E-state index contributed by atoms with van der Waals surface area (Å²) >= 11 is 0. The molecule has 0 aromatic carbocycles. The van der Waals surface area contributed by atoms with Crippen molar-refractivity contribution in [3.8, 4) is 0 Å². The van der Waals surface area contributed by atoms with Crippen molar-refractivity contribution in [1.82, 2.24) is 5.32 Å². The van der Waals surface area contributed by atoms with Crippen LogP contribution in [0, 0.1) is 5.92 Å². The van der Waals surface area contributed by atoms with E-state index in [1.54, 1.807) is 0 Å². The van der Waals surface area contributed by atoms with Gasteiger partial charge in [-0.2, -0.15) is 0 Å². The van der Waals surface area contributed by atoms with Gasteiger partial charge in [-0.15, -0.1) is 0 Å². The number of ketones is 1. The lowest BCUT2D eigenvalue weighted by Gasteiger charge is -2.20. The first-order chi connectivity index (χ1) is 8.37. The largest absolute Gasteiger partial charge is 0.378 e. The molecule has 0 radical (unpaired) electrons. The van der Waals surface area contributed by atoms with E-state index in [1.165, 1.54) is 0 Å². The Balaban J connectivity index is 3.29. The normalized spacial score (nSPS) is 13.6. The fourth-order valence-corrected chi connectivity index (χ4v) is 1.26. The third-order valence-corrected chi connectivity index (χ3v) is 2.68. The zero-order chi connectivity index (χ0) is 14.0. The Kier molecular flexibility index (Phi) is 9.24. The van der Waals surface area contributed by atoms with E-state index < -0.39 is 0 Å². The van der Waals surface area contributed by atoms with Gasteiger partial charge in [0, 0.05) is 18.0 Å². The number of nitrogens with one attached hydrogen (secondary N) is 1. The second-order valence-corrected chi connectivity index (χ2v) is 5.62. The molecule has 0 fully saturated rings. The maximum atomic E-state index is 11.4. The van der Waals surface area contributed by atoms with Crippen molar-refractivity contribution in [2.24, 2.45) is 5.92 Å². The first kappa shape index (κ1) is 17.6. The average Bonchev–Trinajstić information content (AvgIpc) is 2.29. The Hall–Kier alpha value is -0.450. The highest BCUT2D eigenvalue weighted by Gasteiger charge is 2.10. The van der Waals surface area contributed by atoms with Crippen LogP contribution in [0.15, 0.2) is 0 Å². The highest BCUT2D eigenvalue weighted by atomic mass is 16.5. The summed E-state index contributed by atoms with van der Waals surface area (Å²) in [6.45, 7) is 13.0. The van der Waals surface area contributed by atoms with Crippen LogP contribution in [-0.4, -0.2) is 44.3 Å². The third-order valence-electron chi connectivity index (χ3n) is 2.68. The SMILES string of the molecule is CCC(C)C(=O)COCCOCCNC(C)(C)C. The van der Waals surface area contributed by atoms with E-state index in [1.807, 2.05) is 13.8 Å². The summed E-state index contributed by atoms with van der Waals surface area (Å²) in [5.74, 6) is 0.272. The van der Waals surface area contributed by atoms with Gasteiger partial charge in [0.25, 0.3) is 0 Å². The molecular weight excluding hydrogens is 230 g/mol. The van der Waals surface area contributed by atoms with Crippen LogP contribution in [0.4, 0.5) is 0 Å². The monoisotopic (exact) mass is 259 g/mol. The van der Waals surface area contributed by atoms with Gasteiger partial charge in [0.15, 0.2) is 5.78 Å². The Morgan fingerprint density at radius 3 is 2.33 bits per heavy atom. The van der Waals surface area contributed by atoms with Gasteiger partial charge in [0.05, 0.1) is 19.8 Å². The van der Waals surface area contributed by atoms with Crippen LogP contribution in [0.1, 0.15) is 41.0 Å². The molecular formula is C14H29NO3. The molecule has 0 heterocycles. The summed E-state index contributed by atoms with van der Waals surface area (Å²) < 4.78 is 10.7. The highest BCUT2D eigenvalue weighted by Crippen LogP contribution is 2.02. The molecule has 4 heteroatoms. The topological polar surface area (TPSA) is 47.6 Å². The van der Waals surface area contributed by atoms with E-state index in [2.05, 4.69) is 26.1 Å². The number of carbonyl (C=O) groups is 1. The summed E-state index contributed by atoms with van der Waals surface area (Å²) in [6, 6.07) is 0. The van der Waals surface area contributed by atoms with E-state index in [0.29, 0.717) is 19.8 Å². The Bertz CT molecular complexity index is 224. The molecule has 0 aromatic rings. The van der Waals surface area contributed by atoms with E-state index in [0.717, 1.165) is 13.0 Å². The third kappa shape index (κ3) is 10.7. The predicted molar refractivity (Wildman–Crippen MR) is 73.9 cm³/mol. The summed E-state index contributed by atoms with van der Waals surface area (Å²) in [5.41, 5.74) is 0.128. The smallest absolute Gasteiger partial charge is 0.161 e. The van der Waals surface area contributed by atoms with Crippen molar-refractivity contribution in [3.05, 3.63) is 0 Å². The average molecular weight is 259 g/mol. The van der Waals surface area contributed by atoms with Gasteiger partial charge in [0.2, 0.25) is 0 Å². The molecule has 0 spiro atoms. The first-order valence-electron chi connectivity index (χ1n) is 6.80. The lowest BCUT2D eigenvalue weighted by molar-refractivity contribution is -0.127.